The zero-order valence-corrected chi connectivity index (χ0v) is 14.6. The predicted molar refractivity (Wildman–Crippen MR) is 92.2 cm³/mol. The Kier molecular flexibility index (Phi) is 4.35. The summed E-state index contributed by atoms with van der Waals surface area (Å²) in [5.74, 6) is 3.59. The Morgan fingerprint density at radius 3 is 2.43 bits per heavy atom. The van der Waals surface area contributed by atoms with Crippen LogP contribution in [0.3, 0.4) is 0 Å². The van der Waals surface area contributed by atoms with Crippen LogP contribution in [-0.2, 0) is 0 Å². The van der Waals surface area contributed by atoms with E-state index in [0.29, 0.717) is 5.41 Å². The van der Waals surface area contributed by atoms with E-state index in [2.05, 4.69) is 39.8 Å². The lowest BCUT2D eigenvalue weighted by atomic mass is 9.64. The summed E-state index contributed by atoms with van der Waals surface area (Å²) in [4.78, 5) is 0. The molecule has 3 saturated carbocycles. The molecule has 0 nitrogen and oxygen atoms in total. The summed E-state index contributed by atoms with van der Waals surface area (Å²) in [6.45, 7) is 9.91. The third-order valence-electron chi connectivity index (χ3n) is 7.00. The largest absolute Gasteiger partial charge is 0.0697 e. The fraction of sp³-hybridized carbons (Fsp3) is 0.810. The Morgan fingerprint density at radius 1 is 1.00 bits per heavy atom. The van der Waals surface area contributed by atoms with E-state index in [1.165, 1.54) is 51.4 Å². The molecule has 3 fully saturated rings. The van der Waals surface area contributed by atoms with Gasteiger partial charge in [0.1, 0.15) is 0 Å². The Labute approximate surface area is 132 Å². The Balaban J connectivity index is 1.77. The summed E-state index contributed by atoms with van der Waals surface area (Å²) in [5.41, 5.74) is 4.11. The van der Waals surface area contributed by atoms with Crippen molar-refractivity contribution in [2.24, 2.45) is 29.1 Å². The zero-order valence-electron chi connectivity index (χ0n) is 14.6. The highest BCUT2D eigenvalue weighted by atomic mass is 14.5. The average Bonchev–Trinajstić information content (AvgIpc) is 2.72. The molecule has 21 heavy (non-hydrogen) atoms. The van der Waals surface area contributed by atoms with Gasteiger partial charge in [-0.05, 0) is 80.5 Å². The lowest BCUT2D eigenvalue weighted by Crippen LogP contribution is -2.31. The van der Waals surface area contributed by atoms with E-state index < -0.39 is 0 Å². The molecule has 0 aromatic carbocycles. The third kappa shape index (κ3) is 3.01. The fourth-order valence-electron chi connectivity index (χ4n) is 5.69. The summed E-state index contributed by atoms with van der Waals surface area (Å²) in [7, 11) is 0. The van der Waals surface area contributed by atoms with E-state index in [9.17, 15) is 0 Å². The van der Waals surface area contributed by atoms with Gasteiger partial charge >= 0.3 is 0 Å². The molecule has 0 bridgehead atoms. The Hall–Kier alpha value is -0.520. The summed E-state index contributed by atoms with van der Waals surface area (Å²) < 4.78 is 0. The molecular weight excluding hydrogens is 252 g/mol. The molecule has 3 rings (SSSR count). The van der Waals surface area contributed by atoms with Gasteiger partial charge in [0.25, 0.3) is 0 Å². The first-order chi connectivity index (χ1) is 9.99. The van der Waals surface area contributed by atoms with Crippen molar-refractivity contribution in [1.29, 1.82) is 0 Å². The van der Waals surface area contributed by atoms with Gasteiger partial charge in [0.15, 0.2) is 0 Å². The van der Waals surface area contributed by atoms with Crippen LogP contribution in [-0.4, -0.2) is 0 Å². The Morgan fingerprint density at radius 2 is 1.71 bits per heavy atom. The summed E-state index contributed by atoms with van der Waals surface area (Å²) in [6.07, 6.45) is 16.3. The van der Waals surface area contributed by atoms with E-state index in [4.69, 9.17) is 0 Å². The molecular formula is C21H34. The van der Waals surface area contributed by atoms with E-state index in [-0.39, 0.29) is 0 Å². The number of hydrogen-bond donors (Lipinski definition) is 0. The van der Waals surface area contributed by atoms with Crippen LogP contribution < -0.4 is 0 Å². The first kappa shape index (κ1) is 15.4. The molecule has 3 aliphatic carbocycles. The van der Waals surface area contributed by atoms with Crippen LogP contribution in [0.2, 0.25) is 0 Å². The van der Waals surface area contributed by atoms with Crippen LogP contribution in [0.15, 0.2) is 23.3 Å². The number of fused-ring (bicyclic) bond motifs is 1. The SMILES string of the molecule is CC1CC(=C/C=C2\CCCC3(C)C(C)CCC23)CC(C)C1. The standard InChI is InChI=1S/C21H34/c1-15-12-16(2)14-18(13-15)8-9-19-6-5-11-21(4)17(3)7-10-20(19)21/h8-9,15-17,20H,5-7,10-14H2,1-4H3/b18-8?,19-9+. The quantitative estimate of drug-likeness (QED) is 0.514. The second-order valence-electron chi connectivity index (χ2n) is 8.81. The minimum atomic E-state index is 0.607. The fourth-order valence-corrected chi connectivity index (χ4v) is 5.69. The van der Waals surface area contributed by atoms with Crippen molar-refractivity contribution < 1.29 is 0 Å². The van der Waals surface area contributed by atoms with E-state index in [0.717, 1.165) is 23.7 Å². The van der Waals surface area contributed by atoms with Crippen LogP contribution in [0.25, 0.3) is 0 Å². The number of rotatable bonds is 1. The van der Waals surface area contributed by atoms with Crippen LogP contribution in [0.4, 0.5) is 0 Å². The molecule has 0 aromatic heterocycles. The second-order valence-corrected chi connectivity index (χ2v) is 8.81. The molecule has 0 heteroatoms. The van der Waals surface area contributed by atoms with Gasteiger partial charge in [0.05, 0.1) is 0 Å². The zero-order chi connectivity index (χ0) is 15.0. The highest BCUT2D eigenvalue weighted by molar-refractivity contribution is 5.25. The van der Waals surface area contributed by atoms with Crippen molar-refractivity contribution in [3.8, 4) is 0 Å². The van der Waals surface area contributed by atoms with Crippen LogP contribution >= 0.6 is 0 Å². The molecule has 118 valence electrons. The van der Waals surface area contributed by atoms with Gasteiger partial charge in [-0.15, -0.1) is 0 Å². The minimum absolute atomic E-state index is 0.607. The van der Waals surface area contributed by atoms with Crippen molar-refractivity contribution >= 4 is 0 Å². The van der Waals surface area contributed by atoms with Gasteiger partial charge in [-0.2, -0.15) is 0 Å². The topological polar surface area (TPSA) is 0 Å². The van der Waals surface area contributed by atoms with Crippen molar-refractivity contribution in [1.82, 2.24) is 0 Å². The smallest absolute Gasteiger partial charge is 0.0143 e. The van der Waals surface area contributed by atoms with Crippen LogP contribution in [0.1, 0.15) is 79.1 Å². The number of hydrogen-bond acceptors (Lipinski definition) is 0. The minimum Gasteiger partial charge on any atom is -0.0697 e. The molecule has 0 saturated heterocycles. The Bertz CT molecular complexity index is 429. The van der Waals surface area contributed by atoms with Gasteiger partial charge in [0.2, 0.25) is 0 Å². The lowest BCUT2D eigenvalue weighted by Gasteiger charge is -2.41. The maximum absolute atomic E-state index is 2.57. The first-order valence-electron chi connectivity index (χ1n) is 9.37. The maximum atomic E-state index is 2.57. The van der Waals surface area contributed by atoms with Crippen molar-refractivity contribution in [2.75, 3.05) is 0 Å². The number of allylic oxidation sites excluding steroid dienone is 4. The van der Waals surface area contributed by atoms with Crippen LogP contribution in [0, 0.1) is 29.1 Å². The van der Waals surface area contributed by atoms with Gasteiger partial charge in [-0.3, -0.25) is 0 Å². The van der Waals surface area contributed by atoms with Crippen LogP contribution in [0.5, 0.6) is 0 Å². The molecule has 0 spiro atoms. The molecule has 5 atom stereocenters. The molecule has 3 aliphatic rings. The van der Waals surface area contributed by atoms with E-state index in [1.807, 2.05) is 0 Å². The van der Waals surface area contributed by atoms with Crippen molar-refractivity contribution in [2.45, 2.75) is 79.1 Å². The van der Waals surface area contributed by atoms with Gasteiger partial charge < -0.3 is 0 Å². The summed E-state index contributed by atoms with van der Waals surface area (Å²) >= 11 is 0. The van der Waals surface area contributed by atoms with E-state index in [1.54, 1.807) is 11.1 Å². The van der Waals surface area contributed by atoms with Gasteiger partial charge in [0, 0.05) is 0 Å². The average molecular weight is 287 g/mol. The van der Waals surface area contributed by atoms with Crippen molar-refractivity contribution in [3.05, 3.63) is 23.3 Å². The molecule has 0 radical (unpaired) electrons. The monoisotopic (exact) mass is 286 g/mol. The maximum Gasteiger partial charge on any atom is -0.0143 e. The van der Waals surface area contributed by atoms with Gasteiger partial charge in [-0.25, -0.2) is 0 Å². The molecule has 0 amide bonds. The highest BCUT2D eigenvalue weighted by Gasteiger charge is 2.46. The highest BCUT2D eigenvalue weighted by Crippen LogP contribution is 2.57. The first-order valence-corrected chi connectivity index (χ1v) is 9.37. The molecule has 0 aromatic rings. The van der Waals surface area contributed by atoms with Gasteiger partial charge in [-0.1, -0.05) is 51.0 Å². The second kappa shape index (κ2) is 5.94. The normalized spacial score (nSPS) is 45.7. The molecule has 0 aliphatic heterocycles. The lowest BCUT2D eigenvalue weighted by molar-refractivity contribution is 0.147. The summed E-state index contributed by atoms with van der Waals surface area (Å²) in [5, 5.41) is 0. The molecule has 0 heterocycles. The predicted octanol–water partition coefficient (Wildman–Crippen LogP) is 6.53. The molecule has 5 unspecified atom stereocenters. The third-order valence-corrected chi connectivity index (χ3v) is 7.00. The van der Waals surface area contributed by atoms with E-state index >= 15 is 0 Å². The summed E-state index contributed by atoms with van der Waals surface area (Å²) in [6, 6.07) is 0. The van der Waals surface area contributed by atoms with Crippen molar-refractivity contribution in [3.63, 3.8) is 0 Å². The molecule has 0 N–H and O–H groups in total.